The highest BCUT2D eigenvalue weighted by atomic mass is 16.3. The molecule has 1 atom stereocenters. The lowest BCUT2D eigenvalue weighted by Gasteiger charge is -2.19. The molecule has 0 amide bonds. The minimum absolute atomic E-state index is 0.0698. The maximum atomic E-state index is 9.78. The Hall–Kier alpha value is -2.20. The number of nitrogens with one attached hydrogen (secondary N) is 1. The Morgan fingerprint density at radius 1 is 1.26 bits per heavy atom. The van der Waals surface area contributed by atoms with Crippen molar-refractivity contribution in [3.05, 3.63) is 60.6 Å². The molecule has 1 heterocycles. The summed E-state index contributed by atoms with van der Waals surface area (Å²) in [5.74, 6) is 0.909. The first-order valence-corrected chi connectivity index (χ1v) is 6.06. The molecular weight excluding hydrogens is 242 g/mol. The van der Waals surface area contributed by atoms with Crippen molar-refractivity contribution in [2.24, 2.45) is 0 Å². The van der Waals surface area contributed by atoms with Gasteiger partial charge in [0.15, 0.2) is 0 Å². The van der Waals surface area contributed by atoms with Gasteiger partial charge in [0.2, 0.25) is 0 Å². The van der Waals surface area contributed by atoms with Crippen LogP contribution in [-0.2, 0) is 0 Å². The molecule has 0 aliphatic rings. The molecule has 0 saturated carbocycles. The number of anilines is 1. The Kier molecular flexibility index (Phi) is 4.26. The van der Waals surface area contributed by atoms with E-state index in [2.05, 4.69) is 11.9 Å². The maximum absolute atomic E-state index is 9.78. The van der Waals surface area contributed by atoms with Gasteiger partial charge < -0.3 is 19.9 Å². The van der Waals surface area contributed by atoms with Gasteiger partial charge in [-0.3, -0.25) is 0 Å². The molecule has 2 aromatic rings. The van der Waals surface area contributed by atoms with Crippen LogP contribution < -0.4 is 5.32 Å². The first kappa shape index (κ1) is 13.2. The molecule has 0 aliphatic carbocycles. The van der Waals surface area contributed by atoms with E-state index in [1.807, 2.05) is 12.1 Å². The molecule has 100 valence electrons. The minimum atomic E-state index is -0.178. The van der Waals surface area contributed by atoms with Gasteiger partial charge in [-0.1, -0.05) is 18.7 Å². The zero-order valence-electron chi connectivity index (χ0n) is 10.5. The number of phenols is 1. The highest BCUT2D eigenvalue weighted by Gasteiger charge is 2.16. The van der Waals surface area contributed by atoms with E-state index in [0.29, 0.717) is 17.7 Å². The summed E-state index contributed by atoms with van der Waals surface area (Å²) in [7, 11) is 0. The summed E-state index contributed by atoms with van der Waals surface area (Å²) < 4.78 is 5.39. The summed E-state index contributed by atoms with van der Waals surface area (Å²) in [4.78, 5) is 0. The molecule has 0 radical (unpaired) electrons. The zero-order valence-corrected chi connectivity index (χ0v) is 10.5. The third-order valence-electron chi connectivity index (χ3n) is 2.84. The Balaban J connectivity index is 2.19. The van der Waals surface area contributed by atoms with E-state index in [9.17, 15) is 5.11 Å². The average molecular weight is 259 g/mol. The van der Waals surface area contributed by atoms with Crippen molar-refractivity contribution < 1.29 is 14.6 Å². The SMILES string of the molecule is C=C(CO)C[C@H](Nc1ccccc1O)c1ccco1. The predicted octanol–water partition coefficient (Wildman–Crippen LogP) is 3.08. The van der Waals surface area contributed by atoms with Gasteiger partial charge in [0.1, 0.15) is 11.5 Å². The van der Waals surface area contributed by atoms with Crippen LogP contribution in [0.4, 0.5) is 5.69 Å². The van der Waals surface area contributed by atoms with Crippen molar-refractivity contribution >= 4 is 5.69 Å². The molecule has 3 N–H and O–H groups in total. The summed E-state index contributed by atoms with van der Waals surface area (Å²) in [6, 6.07) is 10.5. The standard InChI is InChI=1S/C15H17NO3/c1-11(10-17)9-13(15-7-4-8-19-15)16-12-5-2-3-6-14(12)18/h2-8,13,16-18H,1,9-10H2/t13-/m0/s1. The molecular formula is C15H17NO3. The van der Waals surface area contributed by atoms with Gasteiger partial charge in [-0.25, -0.2) is 0 Å². The van der Waals surface area contributed by atoms with Crippen LogP contribution in [0, 0.1) is 0 Å². The number of hydrogen-bond acceptors (Lipinski definition) is 4. The number of phenolic OH excluding ortho intramolecular Hbond substituents is 1. The molecule has 0 unspecified atom stereocenters. The van der Waals surface area contributed by atoms with Gasteiger partial charge in [-0.15, -0.1) is 0 Å². The molecule has 1 aromatic carbocycles. The minimum Gasteiger partial charge on any atom is -0.506 e. The molecule has 0 spiro atoms. The Labute approximate surface area is 112 Å². The maximum Gasteiger partial charge on any atom is 0.138 e. The normalized spacial score (nSPS) is 12.1. The number of aliphatic hydroxyl groups excluding tert-OH is 1. The fourth-order valence-corrected chi connectivity index (χ4v) is 1.85. The molecule has 0 fully saturated rings. The van der Waals surface area contributed by atoms with Crippen LogP contribution in [0.3, 0.4) is 0 Å². The zero-order chi connectivity index (χ0) is 13.7. The fourth-order valence-electron chi connectivity index (χ4n) is 1.85. The highest BCUT2D eigenvalue weighted by molar-refractivity contribution is 5.56. The van der Waals surface area contributed by atoms with Crippen LogP contribution in [0.15, 0.2) is 59.2 Å². The van der Waals surface area contributed by atoms with Crippen molar-refractivity contribution in [1.82, 2.24) is 0 Å². The van der Waals surface area contributed by atoms with Gasteiger partial charge in [-0.2, -0.15) is 0 Å². The second-order valence-corrected chi connectivity index (χ2v) is 4.34. The van der Waals surface area contributed by atoms with E-state index >= 15 is 0 Å². The van der Waals surface area contributed by atoms with Gasteiger partial charge in [0.05, 0.1) is 24.6 Å². The number of para-hydroxylation sites is 2. The molecule has 19 heavy (non-hydrogen) atoms. The van der Waals surface area contributed by atoms with Crippen LogP contribution in [0.1, 0.15) is 18.2 Å². The Bertz CT molecular complexity index is 534. The van der Waals surface area contributed by atoms with E-state index in [1.54, 1.807) is 30.5 Å². The summed E-state index contributed by atoms with van der Waals surface area (Å²) in [5.41, 5.74) is 1.32. The van der Waals surface area contributed by atoms with Crippen LogP contribution in [0.5, 0.6) is 5.75 Å². The largest absolute Gasteiger partial charge is 0.506 e. The molecule has 0 bridgehead atoms. The number of hydrogen-bond donors (Lipinski definition) is 3. The summed E-state index contributed by atoms with van der Waals surface area (Å²) in [6.07, 6.45) is 2.12. The quantitative estimate of drug-likeness (QED) is 0.551. The van der Waals surface area contributed by atoms with Gasteiger partial charge >= 0.3 is 0 Å². The van der Waals surface area contributed by atoms with E-state index in [1.165, 1.54) is 0 Å². The lowest BCUT2D eigenvalue weighted by atomic mass is 10.1. The van der Waals surface area contributed by atoms with Crippen molar-refractivity contribution in [3.8, 4) is 5.75 Å². The van der Waals surface area contributed by atoms with E-state index in [-0.39, 0.29) is 18.4 Å². The Morgan fingerprint density at radius 3 is 2.68 bits per heavy atom. The average Bonchev–Trinajstić information content (AvgIpc) is 2.94. The van der Waals surface area contributed by atoms with Crippen LogP contribution in [0.25, 0.3) is 0 Å². The topological polar surface area (TPSA) is 65.6 Å². The summed E-state index contributed by atoms with van der Waals surface area (Å²) >= 11 is 0. The van der Waals surface area contributed by atoms with Crippen LogP contribution in [0.2, 0.25) is 0 Å². The molecule has 0 saturated heterocycles. The van der Waals surface area contributed by atoms with Crippen molar-refractivity contribution in [1.29, 1.82) is 0 Å². The number of aromatic hydroxyl groups is 1. The first-order chi connectivity index (χ1) is 9.20. The van der Waals surface area contributed by atoms with Gasteiger partial charge in [-0.05, 0) is 36.3 Å². The van der Waals surface area contributed by atoms with Crippen molar-refractivity contribution in [2.75, 3.05) is 11.9 Å². The van der Waals surface area contributed by atoms with Gasteiger partial charge in [0.25, 0.3) is 0 Å². The number of rotatable bonds is 6. The van der Waals surface area contributed by atoms with Crippen LogP contribution >= 0.6 is 0 Å². The Morgan fingerprint density at radius 2 is 2.05 bits per heavy atom. The summed E-state index contributed by atoms with van der Waals surface area (Å²) in [6.45, 7) is 3.72. The van der Waals surface area contributed by atoms with E-state index in [4.69, 9.17) is 9.52 Å². The predicted molar refractivity (Wildman–Crippen MR) is 74.0 cm³/mol. The number of benzene rings is 1. The molecule has 1 aromatic heterocycles. The van der Waals surface area contributed by atoms with Crippen molar-refractivity contribution in [3.63, 3.8) is 0 Å². The number of aliphatic hydroxyl groups is 1. The highest BCUT2D eigenvalue weighted by Crippen LogP contribution is 2.30. The molecule has 2 rings (SSSR count). The van der Waals surface area contributed by atoms with Gasteiger partial charge in [0, 0.05) is 0 Å². The third kappa shape index (κ3) is 3.39. The molecule has 4 heteroatoms. The van der Waals surface area contributed by atoms with E-state index < -0.39 is 0 Å². The second-order valence-electron chi connectivity index (χ2n) is 4.34. The lowest BCUT2D eigenvalue weighted by Crippen LogP contribution is -2.12. The molecule has 0 aliphatic heterocycles. The lowest BCUT2D eigenvalue weighted by molar-refractivity contribution is 0.323. The van der Waals surface area contributed by atoms with Crippen molar-refractivity contribution in [2.45, 2.75) is 12.5 Å². The van der Waals surface area contributed by atoms with E-state index in [0.717, 1.165) is 5.76 Å². The second kappa shape index (κ2) is 6.11. The summed E-state index contributed by atoms with van der Waals surface area (Å²) in [5, 5.41) is 22.1. The fraction of sp³-hybridized carbons (Fsp3) is 0.200. The van der Waals surface area contributed by atoms with Crippen LogP contribution in [-0.4, -0.2) is 16.8 Å². The molecule has 4 nitrogen and oxygen atoms in total. The monoisotopic (exact) mass is 259 g/mol. The first-order valence-electron chi connectivity index (χ1n) is 6.06. The smallest absolute Gasteiger partial charge is 0.138 e. The number of furan rings is 1. The third-order valence-corrected chi connectivity index (χ3v) is 2.84.